The van der Waals surface area contributed by atoms with Crippen molar-refractivity contribution in [3.05, 3.63) is 84.4 Å². The van der Waals surface area contributed by atoms with Crippen LogP contribution in [-0.2, 0) is 0 Å². The van der Waals surface area contributed by atoms with E-state index in [1.165, 1.54) is 0 Å². The Balaban J connectivity index is 1.44. The molecule has 17 heteroatoms. The van der Waals surface area contributed by atoms with Gasteiger partial charge in [-0.15, -0.1) is 0 Å². The molecule has 0 radical (unpaired) electrons. The molecule has 0 bridgehead atoms. The lowest BCUT2D eigenvalue weighted by Gasteiger charge is -2.39. The zero-order valence-electron chi connectivity index (χ0n) is 23.6. The molecule has 0 N–H and O–H groups in total. The minimum Gasteiger partial charge on any atom is -0.494 e. The van der Waals surface area contributed by atoms with Gasteiger partial charge in [0, 0.05) is 6.42 Å². The van der Waals surface area contributed by atoms with Gasteiger partial charge in [-0.3, -0.25) is 0 Å². The van der Waals surface area contributed by atoms with Gasteiger partial charge in [-0.1, -0.05) is 42.5 Å². The van der Waals surface area contributed by atoms with E-state index in [0.29, 0.717) is 28.8 Å². The molecule has 3 aromatic carbocycles. The van der Waals surface area contributed by atoms with Crippen LogP contribution in [0.15, 0.2) is 78.9 Å². The average molecular weight is 711 g/mol. The van der Waals surface area contributed by atoms with Crippen LogP contribution in [0.1, 0.15) is 23.2 Å². The first-order chi connectivity index (χ1) is 21.7. The van der Waals surface area contributed by atoms with Gasteiger partial charge < -0.3 is 9.47 Å². The second-order valence-electron chi connectivity index (χ2n) is 9.87. The first-order valence-electron chi connectivity index (χ1n) is 13.3. The summed E-state index contributed by atoms with van der Waals surface area (Å²) in [6, 6.07) is 21.6. The Bertz CT molecular complexity index is 1460. The molecule has 0 aliphatic carbocycles. The van der Waals surface area contributed by atoms with Gasteiger partial charge in [-0.05, 0) is 65.5 Å². The summed E-state index contributed by atoms with van der Waals surface area (Å²) in [6.45, 7) is -0.0306. The highest BCUT2D eigenvalue weighted by atomic mass is 32.2. The van der Waals surface area contributed by atoms with E-state index in [-0.39, 0.29) is 18.8 Å². The van der Waals surface area contributed by atoms with Crippen molar-refractivity contribution in [2.45, 2.75) is 48.6 Å². The Kier molecular flexibility index (Phi) is 11.5. The average Bonchev–Trinajstić information content (AvgIpc) is 3.00. The maximum Gasteiger partial charge on any atom is 0.460 e. The van der Waals surface area contributed by atoms with E-state index >= 15 is 0 Å². The number of alkyl halides is 13. The fraction of sp³-hybridized carbons (Fsp3) is 0.367. The predicted octanol–water partition coefficient (Wildman–Crippen LogP) is 10.2. The first kappa shape index (κ1) is 37.8. The highest BCUT2D eigenvalue weighted by Crippen LogP contribution is 2.60. The summed E-state index contributed by atoms with van der Waals surface area (Å²) in [7, 11) is 0. The van der Waals surface area contributed by atoms with Crippen LogP contribution in [-0.4, -0.2) is 59.9 Å². The second kappa shape index (κ2) is 14.2. The van der Waals surface area contributed by atoms with E-state index in [9.17, 15) is 61.9 Å². The Morgan fingerprint density at radius 1 is 0.574 bits per heavy atom. The van der Waals surface area contributed by atoms with E-state index in [1.807, 2.05) is 0 Å². The smallest absolute Gasteiger partial charge is 0.460 e. The summed E-state index contributed by atoms with van der Waals surface area (Å²) >= 11 is 0.477. The van der Waals surface area contributed by atoms with Crippen molar-refractivity contribution in [2.75, 3.05) is 18.1 Å². The molecule has 0 heterocycles. The third kappa shape index (κ3) is 8.09. The van der Waals surface area contributed by atoms with Gasteiger partial charge in [0.15, 0.2) is 0 Å². The SMILES string of the molecule is O=C(Oc1ccc(-c2ccc(OCCCSCCC(F)(F)C(F)(F)C(F)(F)C(F)(F)C(F)(F)C(F)(F)F)cc2)cc1)c1ccccc1. The number of esters is 1. The van der Waals surface area contributed by atoms with Gasteiger partial charge >= 0.3 is 41.8 Å². The lowest BCUT2D eigenvalue weighted by molar-refractivity contribution is -0.439. The number of carbonyl (C=O) groups excluding carboxylic acids is 1. The molecule has 3 rings (SSSR count). The molecule has 0 atom stereocenters. The van der Waals surface area contributed by atoms with Gasteiger partial charge in [0.25, 0.3) is 0 Å². The number of carbonyl (C=O) groups is 1. The molecule has 0 unspecified atom stereocenters. The molecule has 3 nitrogen and oxygen atoms in total. The topological polar surface area (TPSA) is 35.5 Å². The minimum atomic E-state index is -7.89. The summed E-state index contributed by atoms with van der Waals surface area (Å²) in [6.07, 6.45) is -9.56. The van der Waals surface area contributed by atoms with Crippen molar-refractivity contribution in [1.29, 1.82) is 0 Å². The molecule has 3 aromatic rings. The monoisotopic (exact) mass is 710 g/mol. The standard InChI is InChI=1S/C30H23F13O3S/c31-25(32,26(33,34)27(35,36)28(37,38)29(39,40)30(41,42)43)15-18-47-17-4-16-45-22-11-7-19(8-12-22)20-9-13-23(14-10-20)46-24(44)21-5-2-1-3-6-21/h1-3,5-14H,4,15-18H2. The molecule has 258 valence electrons. The molecule has 0 amide bonds. The molecule has 0 fully saturated rings. The van der Waals surface area contributed by atoms with Gasteiger partial charge in [-0.2, -0.15) is 68.8 Å². The van der Waals surface area contributed by atoms with E-state index in [1.54, 1.807) is 78.9 Å². The number of ether oxygens (including phenoxy) is 2. The second-order valence-corrected chi connectivity index (χ2v) is 11.1. The zero-order valence-corrected chi connectivity index (χ0v) is 24.4. The van der Waals surface area contributed by atoms with Crippen molar-refractivity contribution < 1.29 is 71.3 Å². The summed E-state index contributed by atoms with van der Waals surface area (Å²) < 4.78 is 182. The van der Waals surface area contributed by atoms with E-state index in [0.717, 1.165) is 11.1 Å². The van der Waals surface area contributed by atoms with Gasteiger partial charge in [0.2, 0.25) is 0 Å². The number of hydrogen-bond acceptors (Lipinski definition) is 4. The molecule has 0 aliphatic heterocycles. The van der Waals surface area contributed by atoms with Gasteiger partial charge in [0.1, 0.15) is 11.5 Å². The molecule has 0 saturated carbocycles. The highest BCUT2D eigenvalue weighted by molar-refractivity contribution is 7.99. The molecule has 0 spiro atoms. The van der Waals surface area contributed by atoms with Crippen molar-refractivity contribution in [3.63, 3.8) is 0 Å². The van der Waals surface area contributed by atoms with Crippen molar-refractivity contribution in [1.82, 2.24) is 0 Å². The number of thioether (sulfide) groups is 1. The maximum absolute atomic E-state index is 13.9. The highest BCUT2D eigenvalue weighted by Gasteiger charge is 2.90. The molecule has 0 saturated heterocycles. The Hall–Kier alpha value is -3.63. The molecule has 0 aromatic heterocycles. The largest absolute Gasteiger partial charge is 0.494 e. The Labute approximate surface area is 263 Å². The van der Waals surface area contributed by atoms with Crippen LogP contribution in [0.4, 0.5) is 57.1 Å². The van der Waals surface area contributed by atoms with Crippen molar-refractivity contribution in [2.24, 2.45) is 0 Å². The van der Waals surface area contributed by atoms with Crippen molar-refractivity contribution >= 4 is 17.7 Å². The lowest BCUT2D eigenvalue weighted by atomic mass is 9.93. The van der Waals surface area contributed by atoms with E-state index in [4.69, 9.17) is 9.47 Å². The number of hydrogen-bond donors (Lipinski definition) is 0. The summed E-state index contributed by atoms with van der Waals surface area (Å²) in [5.41, 5.74) is 1.91. The lowest BCUT2D eigenvalue weighted by Crippen LogP contribution is -2.70. The van der Waals surface area contributed by atoms with Gasteiger partial charge in [0.05, 0.1) is 12.2 Å². The molecule has 47 heavy (non-hydrogen) atoms. The number of halogens is 13. The predicted molar refractivity (Wildman–Crippen MR) is 146 cm³/mol. The van der Waals surface area contributed by atoms with Crippen LogP contribution in [0.2, 0.25) is 0 Å². The third-order valence-corrected chi connectivity index (χ3v) is 7.59. The van der Waals surface area contributed by atoms with E-state index in [2.05, 4.69) is 0 Å². The van der Waals surface area contributed by atoms with Crippen molar-refractivity contribution in [3.8, 4) is 22.6 Å². The summed E-state index contributed by atoms with van der Waals surface area (Å²) in [4.78, 5) is 12.2. The Morgan fingerprint density at radius 3 is 1.57 bits per heavy atom. The first-order valence-corrected chi connectivity index (χ1v) is 14.5. The summed E-state index contributed by atoms with van der Waals surface area (Å²) in [5, 5.41) is 0. The fourth-order valence-corrected chi connectivity index (χ4v) is 4.74. The van der Waals surface area contributed by atoms with Crippen LogP contribution < -0.4 is 9.47 Å². The molecule has 0 aliphatic rings. The molecular weight excluding hydrogens is 687 g/mol. The quantitative estimate of drug-likeness (QED) is 0.0681. The van der Waals surface area contributed by atoms with Gasteiger partial charge in [-0.25, -0.2) is 4.79 Å². The summed E-state index contributed by atoms with van der Waals surface area (Å²) in [5.74, 6) is -37.7. The number of benzene rings is 3. The van der Waals surface area contributed by atoms with Crippen LogP contribution in [0, 0.1) is 0 Å². The maximum atomic E-state index is 13.9. The Morgan fingerprint density at radius 2 is 1.06 bits per heavy atom. The fourth-order valence-electron chi connectivity index (χ4n) is 3.81. The van der Waals surface area contributed by atoms with E-state index < -0.39 is 53.9 Å². The van der Waals surface area contributed by atoms with Crippen LogP contribution in [0.25, 0.3) is 11.1 Å². The molecular formula is C30H23F13O3S. The van der Waals surface area contributed by atoms with Crippen LogP contribution >= 0.6 is 11.8 Å². The zero-order chi connectivity index (χ0) is 35.3. The van der Waals surface area contributed by atoms with Crippen LogP contribution in [0.3, 0.4) is 0 Å². The third-order valence-electron chi connectivity index (χ3n) is 6.52. The minimum absolute atomic E-state index is 0.0306. The van der Waals surface area contributed by atoms with Crippen LogP contribution in [0.5, 0.6) is 11.5 Å². The number of rotatable bonds is 15. The normalized spacial score (nSPS) is 13.4.